The fourth-order valence-electron chi connectivity index (χ4n) is 2.95. The van der Waals surface area contributed by atoms with E-state index in [1.165, 1.54) is 0 Å². The average molecular weight is 378 g/mol. The van der Waals surface area contributed by atoms with Gasteiger partial charge >= 0.3 is 0 Å². The Balaban J connectivity index is 1.64. The molecule has 27 heavy (non-hydrogen) atoms. The Morgan fingerprint density at radius 1 is 1.15 bits per heavy atom. The van der Waals surface area contributed by atoms with Crippen molar-refractivity contribution >= 4 is 22.6 Å². The van der Waals surface area contributed by atoms with Crippen LogP contribution in [0, 0.1) is 11.3 Å². The van der Waals surface area contributed by atoms with Crippen LogP contribution in [0.5, 0.6) is 0 Å². The number of nitriles is 1. The predicted molar refractivity (Wildman–Crippen MR) is 102 cm³/mol. The van der Waals surface area contributed by atoms with E-state index < -0.39 is 0 Å². The summed E-state index contributed by atoms with van der Waals surface area (Å²) in [4.78, 5) is 12.7. The van der Waals surface area contributed by atoms with Crippen molar-refractivity contribution in [1.82, 2.24) is 29.3 Å². The van der Waals surface area contributed by atoms with Crippen LogP contribution >= 0.6 is 11.6 Å². The molecule has 0 atom stereocenters. The van der Waals surface area contributed by atoms with Crippen LogP contribution in [0.2, 0.25) is 5.28 Å². The van der Waals surface area contributed by atoms with E-state index in [0.717, 1.165) is 22.3 Å². The monoisotopic (exact) mass is 377 g/mol. The summed E-state index contributed by atoms with van der Waals surface area (Å²) in [7, 11) is 0. The Morgan fingerprint density at radius 3 is 2.63 bits per heavy atom. The van der Waals surface area contributed by atoms with E-state index in [-0.39, 0.29) is 11.3 Å². The second-order valence-corrected chi connectivity index (χ2v) is 6.82. The van der Waals surface area contributed by atoms with E-state index in [0.29, 0.717) is 17.9 Å². The first-order valence-electron chi connectivity index (χ1n) is 8.47. The average Bonchev–Trinajstić information content (AvgIpc) is 3.27. The molecule has 8 heteroatoms. The number of fused-ring (bicyclic) bond motifs is 1. The molecule has 0 saturated heterocycles. The van der Waals surface area contributed by atoms with Gasteiger partial charge in [-0.05, 0) is 31.0 Å². The molecule has 134 valence electrons. The summed E-state index contributed by atoms with van der Waals surface area (Å²) in [5.41, 5.74) is 3.15. The van der Waals surface area contributed by atoms with Crippen molar-refractivity contribution in [3.05, 3.63) is 59.4 Å². The normalized spacial score (nSPS) is 11.2. The molecule has 4 rings (SSSR count). The number of hydrogen-bond acceptors (Lipinski definition) is 5. The molecule has 0 saturated carbocycles. The highest BCUT2D eigenvalue weighted by atomic mass is 35.5. The molecule has 0 spiro atoms. The first kappa shape index (κ1) is 17.2. The lowest BCUT2D eigenvalue weighted by Gasteiger charge is -2.11. The summed E-state index contributed by atoms with van der Waals surface area (Å²) in [5, 5.41) is 14.6. The zero-order valence-electron chi connectivity index (χ0n) is 14.8. The summed E-state index contributed by atoms with van der Waals surface area (Å²) in [6.07, 6.45) is 5.17. The van der Waals surface area contributed by atoms with Crippen molar-refractivity contribution in [2.45, 2.75) is 26.4 Å². The SMILES string of the molecule is CC(C)n1cc(C#N)nc1-c1ccc(Cn2ncc3cnc(Cl)nc32)cc1. The zero-order chi connectivity index (χ0) is 19.0. The van der Waals surface area contributed by atoms with Crippen molar-refractivity contribution in [1.29, 1.82) is 5.26 Å². The van der Waals surface area contributed by atoms with Crippen molar-refractivity contribution in [3.63, 3.8) is 0 Å². The maximum atomic E-state index is 9.14. The van der Waals surface area contributed by atoms with Gasteiger partial charge in [-0.2, -0.15) is 15.3 Å². The molecule has 0 aliphatic rings. The van der Waals surface area contributed by atoms with Crippen LogP contribution < -0.4 is 0 Å². The molecular formula is C19H16ClN7. The molecule has 0 aliphatic carbocycles. The van der Waals surface area contributed by atoms with Crippen LogP contribution in [0.15, 0.2) is 42.9 Å². The Bertz CT molecular complexity index is 1150. The fourth-order valence-corrected chi connectivity index (χ4v) is 3.08. The summed E-state index contributed by atoms with van der Waals surface area (Å²) in [6, 6.07) is 10.4. The molecule has 0 bridgehead atoms. The van der Waals surface area contributed by atoms with E-state index >= 15 is 0 Å². The quantitative estimate of drug-likeness (QED) is 0.504. The maximum Gasteiger partial charge on any atom is 0.224 e. The van der Waals surface area contributed by atoms with Gasteiger partial charge in [0, 0.05) is 24.0 Å². The molecule has 0 N–H and O–H groups in total. The van der Waals surface area contributed by atoms with E-state index in [4.69, 9.17) is 16.9 Å². The van der Waals surface area contributed by atoms with Gasteiger partial charge in [0.25, 0.3) is 0 Å². The lowest BCUT2D eigenvalue weighted by Crippen LogP contribution is -2.04. The Morgan fingerprint density at radius 2 is 1.93 bits per heavy atom. The minimum atomic E-state index is 0.202. The maximum absolute atomic E-state index is 9.14. The van der Waals surface area contributed by atoms with Crippen LogP contribution in [0.4, 0.5) is 0 Å². The van der Waals surface area contributed by atoms with Gasteiger partial charge in [-0.25, -0.2) is 14.6 Å². The zero-order valence-corrected chi connectivity index (χ0v) is 15.6. The molecule has 7 nitrogen and oxygen atoms in total. The van der Waals surface area contributed by atoms with Gasteiger partial charge in [0.15, 0.2) is 11.3 Å². The van der Waals surface area contributed by atoms with Crippen LogP contribution in [-0.4, -0.2) is 29.3 Å². The van der Waals surface area contributed by atoms with Crippen LogP contribution in [0.1, 0.15) is 31.1 Å². The number of hydrogen-bond donors (Lipinski definition) is 0. The van der Waals surface area contributed by atoms with Crippen LogP contribution in [-0.2, 0) is 6.54 Å². The third kappa shape index (κ3) is 3.27. The largest absolute Gasteiger partial charge is 0.327 e. The van der Waals surface area contributed by atoms with Gasteiger partial charge in [-0.3, -0.25) is 0 Å². The smallest absolute Gasteiger partial charge is 0.224 e. The first-order chi connectivity index (χ1) is 13.0. The van der Waals surface area contributed by atoms with Crippen molar-refractivity contribution in [2.75, 3.05) is 0 Å². The molecule has 3 heterocycles. The van der Waals surface area contributed by atoms with Crippen molar-refractivity contribution in [2.24, 2.45) is 0 Å². The molecule has 4 aromatic rings. The van der Waals surface area contributed by atoms with Crippen molar-refractivity contribution < 1.29 is 0 Å². The number of rotatable bonds is 4. The second kappa shape index (κ2) is 6.82. The summed E-state index contributed by atoms with van der Waals surface area (Å²) in [5.74, 6) is 0.789. The summed E-state index contributed by atoms with van der Waals surface area (Å²) in [6.45, 7) is 4.70. The minimum Gasteiger partial charge on any atom is -0.327 e. The molecule has 0 radical (unpaired) electrons. The van der Waals surface area contributed by atoms with Gasteiger partial charge in [0.05, 0.1) is 18.1 Å². The number of imidazole rings is 1. The van der Waals surface area contributed by atoms with E-state index in [1.807, 2.05) is 28.8 Å². The number of halogens is 1. The number of benzene rings is 1. The third-order valence-electron chi connectivity index (χ3n) is 4.29. The molecule has 0 unspecified atom stereocenters. The standard InChI is InChI=1S/C19H16ClN7/c1-12(2)26-11-16(7-21)24-17(26)14-5-3-13(4-6-14)10-27-18-15(9-23-27)8-22-19(20)25-18/h3-6,8-9,11-12H,10H2,1-2H3. The first-order valence-corrected chi connectivity index (χ1v) is 8.85. The highest BCUT2D eigenvalue weighted by Crippen LogP contribution is 2.23. The highest BCUT2D eigenvalue weighted by Gasteiger charge is 2.13. The molecular weight excluding hydrogens is 362 g/mol. The molecule has 0 amide bonds. The molecule has 3 aromatic heterocycles. The van der Waals surface area contributed by atoms with Gasteiger partial charge in [-0.1, -0.05) is 24.3 Å². The topological polar surface area (TPSA) is 85.2 Å². The molecule has 1 aromatic carbocycles. The Hall–Kier alpha value is -3.24. The van der Waals surface area contributed by atoms with E-state index in [2.05, 4.69) is 40.0 Å². The Kier molecular flexibility index (Phi) is 4.34. The number of nitrogens with zero attached hydrogens (tertiary/aromatic N) is 7. The Labute approximate surface area is 160 Å². The van der Waals surface area contributed by atoms with Crippen LogP contribution in [0.3, 0.4) is 0 Å². The summed E-state index contributed by atoms with van der Waals surface area (Å²) >= 11 is 5.90. The van der Waals surface area contributed by atoms with Gasteiger partial charge in [0.1, 0.15) is 11.9 Å². The van der Waals surface area contributed by atoms with Crippen LogP contribution in [0.25, 0.3) is 22.4 Å². The van der Waals surface area contributed by atoms with E-state index in [9.17, 15) is 0 Å². The van der Waals surface area contributed by atoms with Gasteiger partial charge in [0.2, 0.25) is 5.28 Å². The second-order valence-electron chi connectivity index (χ2n) is 6.48. The predicted octanol–water partition coefficient (Wildman–Crippen LogP) is 3.84. The summed E-state index contributed by atoms with van der Waals surface area (Å²) < 4.78 is 3.80. The van der Waals surface area contributed by atoms with Gasteiger partial charge < -0.3 is 4.57 Å². The third-order valence-corrected chi connectivity index (χ3v) is 4.48. The fraction of sp³-hybridized carbons (Fsp3) is 0.211. The molecule has 0 aliphatic heterocycles. The molecule has 0 fully saturated rings. The minimum absolute atomic E-state index is 0.202. The van der Waals surface area contributed by atoms with Gasteiger partial charge in [-0.15, -0.1) is 0 Å². The van der Waals surface area contributed by atoms with Crippen molar-refractivity contribution in [3.8, 4) is 17.5 Å². The van der Waals surface area contributed by atoms with E-state index in [1.54, 1.807) is 23.3 Å². The lowest BCUT2D eigenvalue weighted by atomic mass is 10.1. The number of aromatic nitrogens is 6. The lowest BCUT2D eigenvalue weighted by molar-refractivity contribution is 0.606. The highest BCUT2D eigenvalue weighted by molar-refractivity contribution is 6.28.